The van der Waals surface area contributed by atoms with Gasteiger partial charge < -0.3 is 16.0 Å². The van der Waals surface area contributed by atoms with Gasteiger partial charge in [0.1, 0.15) is 5.82 Å². The average Bonchev–Trinajstić information content (AvgIpc) is 2.34. The van der Waals surface area contributed by atoms with Crippen molar-refractivity contribution in [1.29, 1.82) is 0 Å². The van der Waals surface area contributed by atoms with Crippen LogP contribution in [0.2, 0.25) is 5.02 Å². The lowest BCUT2D eigenvalue weighted by Gasteiger charge is -2.20. The van der Waals surface area contributed by atoms with Crippen molar-refractivity contribution >= 4 is 23.0 Å². The standard InChI is InChI=1S/C14H23ClFN3/c1-10(2)19(3)7-5-4-6-18-14-9-12(16)11(15)8-13(14)17/h8-10,18H,4-7,17H2,1-3H3. The Balaban J connectivity index is 2.32. The van der Waals surface area contributed by atoms with Gasteiger partial charge in [0.15, 0.2) is 0 Å². The molecule has 0 bridgehead atoms. The Morgan fingerprint density at radius 3 is 2.68 bits per heavy atom. The molecule has 1 aromatic rings. The van der Waals surface area contributed by atoms with Gasteiger partial charge in [0.05, 0.1) is 16.4 Å². The number of hydrogen-bond donors (Lipinski definition) is 2. The van der Waals surface area contributed by atoms with Crippen molar-refractivity contribution < 1.29 is 4.39 Å². The van der Waals surface area contributed by atoms with Gasteiger partial charge in [0.25, 0.3) is 0 Å². The maximum absolute atomic E-state index is 13.3. The molecule has 3 N–H and O–H groups in total. The SMILES string of the molecule is CC(C)N(C)CCCCNc1cc(F)c(Cl)cc1N. The highest BCUT2D eigenvalue weighted by Crippen LogP contribution is 2.25. The fourth-order valence-corrected chi connectivity index (χ4v) is 1.85. The Hall–Kier alpha value is -1.00. The fourth-order valence-electron chi connectivity index (χ4n) is 1.68. The van der Waals surface area contributed by atoms with Gasteiger partial charge in [-0.1, -0.05) is 11.6 Å². The van der Waals surface area contributed by atoms with Crippen LogP contribution in [0.1, 0.15) is 26.7 Å². The van der Waals surface area contributed by atoms with Gasteiger partial charge in [0.2, 0.25) is 0 Å². The highest BCUT2D eigenvalue weighted by molar-refractivity contribution is 6.31. The molecule has 0 radical (unpaired) electrons. The molecule has 19 heavy (non-hydrogen) atoms. The van der Waals surface area contributed by atoms with Crippen LogP contribution in [0.15, 0.2) is 12.1 Å². The molecule has 0 aliphatic carbocycles. The van der Waals surface area contributed by atoms with E-state index in [1.807, 2.05) is 0 Å². The van der Waals surface area contributed by atoms with Gasteiger partial charge in [-0.2, -0.15) is 0 Å². The molecular weight excluding hydrogens is 265 g/mol. The number of anilines is 2. The lowest BCUT2D eigenvalue weighted by atomic mass is 10.2. The molecule has 0 unspecified atom stereocenters. The van der Waals surface area contributed by atoms with Crippen LogP contribution in [0.5, 0.6) is 0 Å². The molecule has 3 nitrogen and oxygen atoms in total. The summed E-state index contributed by atoms with van der Waals surface area (Å²) in [4.78, 5) is 2.30. The van der Waals surface area contributed by atoms with E-state index in [-0.39, 0.29) is 5.02 Å². The lowest BCUT2D eigenvalue weighted by Crippen LogP contribution is -2.27. The van der Waals surface area contributed by atoms with E-state index in [0.29, 0.717) is 17.4 Å². The summed E-state index contributed by atoms with van der Waals surface area (Å²) in [6, 6.07) is 3.35. The molecule has 0 atom stereocenters. The zero-order valence-corrected chi connectivity index (χ0v) is 12.6. The van der Waals surface area contributed by atoms with Crippen molar-refractivity contribution in [3.05, 3.63) is 23.0 Å². The Morgan fingerprint density at radius 1 is 1.37 bits per heavy atom. The Bertz CT molecular complexity index is 410. The molecule has 5 heteroatoms. The predicted octanol–water partition coefficient (Wildman–Crippen LogP) is 3.59. The molecule has 0 aromatic heterocycles. The van der Waals surface area contributed by atoms with E-state index < -0.39 is 5.82 Å². The molecule has 1 aromatic carbocycles. The molecule has 0 spiro atoms. The minimum atomic E-state index is -0.446. The molecule has 0 fully saturated rings. The number of nitrogens with one attached hydrogen (secondary N) is 1. The predicted molar refractivity (Wildman–Crippen MR) is 81.3 cm³/mol. The zero-order chi connectivity index (χ0) is 14.4. The number of rotatable bonds is 7. The van der Waals surface area contributed by atoms with E-state index in [0.717, 1.165) is 25.9 Å². The maximum Gasteiger partial charge on any atom is 0.143 e. The van der Waals surface area contributed by atoms with Crippen LogP contribution < -0.4 is 11.1 Å². The highest BCUT2D eigenvalue weighted by Gasteiger charge is 2.06. The van der Waals surface area contributed by atoms with Gasteiger partial charge in [-0.05, 0) is 46.3 Å². The third-order valence-electron chi connectivity index (χ3n) is 3.23. The summed E-state index contributed by atoms with van der Waals surface area (Å²) in [5.41, 5.74) is 6.86. The first-order valence-electron chi connectivity index (χ1n) is 6.60. The molecule has 0 aliphatic rings. The van der Waals surface area contributed by atoms with Crippen molar-refractivity contribution in [2.45, 2.75) is 32.7 Å². The van der Waals surface area contributed by atoms with E-state index in [4.69, 9.17) is 17.3 Å². The normalized spacial score (nSPS) is 11.3. The van der Waals surface area contributed by atoms with E-state index in [1.165, 1.54) is 12.1 Å². The minimum Gasteiger partial charge on any atom is -0.397 e. The quantitative estimate of drug-likeness (QED) is 0.595. The number of nitrogens with zero attached hydrogens (tertiary/aromatic N) is 1. The second-order valence-corrected chi connectivity index (χ2v) is 5.47. The monoisotopic (exact) mass is 287 g/mol. The topological polar surface area (TPSA) is 41.3 Å². The van der Waals surface area contributed by atoms with Crippen LogP contribution in [0.4, 0.5) is 15.8 Å². The Kier molecular flexibility index (Phi) is 6.38. The first-order chi connectivity index (χ1) is 8.91. The summed E-state index contributed by atoms with van der Waals surface area (Å²) in [5.74, 6) is -0.446. The second kappa shape index (κ2) is 7.56. The first kappa shape index (κ1) is 16.1. The Morgan fingerprint density at radius 2 is 2.05 bits per heavy atom. The van der Waals surface area contributed by atoms with Crippen molar-refractivity contribution in [2.24, 2.45) is 0 Å². The van der Waals surface area contributed by atoms with Gasteiger partial charge in [-0.3, -0.25) is 0 Å². The summed E-state index contributed by atoms with van der Waals surface area (Å²) in [7, 11) is 2.12. The van der Waals surface area contributed by atoms with Gasteiger partial charge in [-0.25, -0.2) is 4.39 Å². The third-order valence-corrected chi connectivity index (χ3v) is 3.52. The number of nitrogens with two attached hydrogens (primary N) is 1. The van der Waals surface area contributed by atoms with E-state index >= 15 is 0 Å². The van der Waals surface area contributed by atoms with Crippen molar-refractivity contribution in [2.75, 3.05) is 31.2 Å². The molecule has 0 aliphatic heterocycles. The van der Waals surface area contributed by atoms with Crippen molar-refractivity contribution in [3.8, 4) is 0 Å². The highest BCUT2D eigenvalue weighted by atomic mass is 35.5. The smallest absolute Gasteiger partial charge is 0.143 e. The maximum atomic E-state index is 13.3. The average molecular weight is 288 g/mol. The summed E-state index contributed by atoms with van der Waals surface area (Å²) < 4.78 is 13.3. The second-order valence-electron chi connectivity index (χ2n) is 5.06. The number of hydrogen-bond acceptors (Lipinski definition) is 3. The molecule has 0 amide bonds. The largest absolute Gasteiger partial charge is 0.397 e. The summed E-state index contributed by atoms with van der Waals surface area (Å²) in [6.45, 7) is 6.19. The first-order valence-corrected chi connectivity index (χ1v) is 6.98. The van der Waals surface area contributed by atoms with Crippen LogP contribution in [0.3, 0.4) is 0 Å². The summed E-state index contributed by atoms with van der Waals surface area (Å²) >= 11 is 5.65. The lowest BCUT2D eigenvalue weighted by molar-refractivity contribution is 0.269. The van der Waals surface area contributed by atoms with E-state index in [1.54, 1.807) is 0 Å². The third kappa shape index (κ3) is 5.25. The fraction of sp³-hybridized carbons (Fsp3) is 0.571. The minimum absolute atomic E-state index is 0.0570. The summed E-state index contributed by atoms with van der Waals surface area (Å²) in [5, 5.41) is 3.20. The molecular formula is C14H23ClFN3. The molecule has 0 saturated carbocycles. The summed E-state index contributed by atoms with van der Waals surface area (Å²) in [6.07, 6.45) is 2.11. The van der Waals surface area contributed by atoms with E-state index in [9.17, 15) is 4.39 Å². The number of benzene rings is 1. The zero-order valence-electron chi connectivity index (χ0n) is 11.8. The number of unbranched alkanes of at least 4 members (excludes halogenated alkanes) is 1. The van der Waals surface area contributed by atoms with Gasteiger partial charge in [-0.15, -0.1) is 0 Å². The van der Waals surface area contributed by atoms with Crippen molar-refractivity contribution in [1.82, 2.24) is 4.90 Å². The Labute approximate surface area is 119 Å². The van der Waals surface area contributed by atoms with E-state index in [2.05, 4.69) is 31.1 Å². The van der Waals surface area contributed by atoms with Gasteiger partial charge >= 0.3 is 0 Å². The molecule has 0 saturated heterocycles. The molecule has 0 heterocycles. The van der Waals surface area contributed by atoms with Crippen molar-refractivity contribution in [3.63, 3.8) is 0 Å². The number of nitrogen functional groups attached to an aromatic ring is 1. The molecule has 1 rings (SSSR count). The van der Waals surface area contributed by atoms with Gasteiger partial charge in [0, 0.05) is 18.7 Å². The van der Waals surface area contributed by atoms with Crippen LogP contribution >= 0.6 is 11.6 Å². The molecule has 108 valence electrons. The van der Waals surface area contributed by atoms with Crippen LogP contribution in [0.25, 0.3) is 0 Å². The van der Waals surface area contributed by atoms with Crippen LogP contribution in [0, 0.1) is 5.82 Å². The number of halogens is 2. The van der Waals surface area contributed by atoms with Crippen LogP contribution in [-0.4, -0.2) is 31.1 Å². The van der Waals surface area contributed by atoms with Crippen LogP contribution in [-0.2, 0) is 0 Å².